The minimum absolute atomic E-state index is 0.239. The summed E-state index contributed by atoms with van der Waals surface area (Å²) in [5, 5.41) is 4.28. The van der Waals surface area contributed by atoms with Gasteiger partial charge in [-0.15, -0.1) is 11.3 Å². The SMILES string of the molecule is Cc1cc(S(=O)(=O)NCc2c(C)nn(C)c2C)sc1CN. The van der Waals surface area contributed by atoms with Crippen molar-refractivity contribution in [1.82, 2.24) is 14.5 Å². The van der Waals surface area contributed by atoms with Gasteiger partial charge >= 0.3 is 0 Å². The molecule has 2 rings (SSSR count). The predicted molar refractivity (Wildman–Crippen MR) is 83.7 cm³/mol. The molecule has 0 atom stereocenters. The molecule has 8 heteroatoms. The molecule has 0 unspecified atom stereocenters. The summed E-state index contributed by atoms with van der Waals surface area (Å²) in [6, 6.07) is 1.66. The Hall–Kier alpha value is -1.22. The number of thiophene rings is 1. The number of sulfonamides is 1. The summed E-state index contributed by atoms with van der Waals surface area (Å²) >= 11 is 1.22. The van der Waals surface area contributed by atoms with Crippen LogP contribution in [0.3, 0.4) is 0 Å². The van der Waals surface area contributed by atoms with Crippen molar-refractivity contribution in [2.75, 3.05) is 0 Å². The Labute approximate surface area is 129 Å². The summed E-state index contributed by atoms with van der Waals surface area (Å²) in [5.41, 5.74) is 9.22. The van der Waals surface area contributed by atoms with Crippen LogP contribution in [0.2, 0.25) is 0 Å². The highest BCUT2D eigenvalue weighted by Gasteiger charge is 2.20. The first kappa shape index (κ1) is 16.2. The maximum Gasteiger partial charge on any atom is 0.250 e. The number of nitrogens with two attached hydrogens (primary N) is 1. The second kappa shape index (κ2) is 5.88. The van der Waals surface area contributed by atoms with Gasteiger partial charge in [-0.3, -0.25) is 4.68 Å². The lowest BCUT2D eigenvalue weighted by Gasteiger charge is -2.05. The van der Waals surface area contributed by atoms with E-state index in [0.29, 0.717) is 10.8 Å². The third-order valence-corrected chi connectivity index (χ3v) is 6.68. The Morgan fingerprint density at radius 2 is 2.05 bits per heavy atom. The molecule has 2 aromatic heterocycles. The molecule has 0 spiro atoms. The first-order valence-electron chi connectivity index (χ1n) is 6.54. The van der Waals surface area contributed by atoms with Gasteiger partial charge in [-0.2, -0.15) is 5.10 Å². The van der Waals surface area contributed by atoms with E-state index in [9.17, 15) is 8.42 Å². The van der Waals surface area contributed by atoms with E-state index in [1.165, 1.54) is 11.3 Å². The van der Waals surface area contributed by atoms with E-state index in [1.807, 2.05) is 27.8 Å². The van der Waals surface area contributed by atoms with E-state index in [2.05, 4.69) is 9.82 Å². The smallest absolute Gasteiger partial charge is 0.250 e. The van der Waals surface area contributed by atoms with Crippen molar-refractivity contribution < 1.29 is 8.42 Å². The van der Waals surface area contributed by atoms with Crippen LogP contribution in [0.4, 0.5) is 0 Å². The van der Waals surface area contributed by atoms with Gasteiger partial charge in [-0.25, -0.2) is 13.1 Å². The topological polar surface area (TPSA) is 90.0 Å². The van der Waals surface area contributed by atoms with Crippen molar-refractivity contribution in [3.05, 3.63) is 33.5 Å². The van der Waals surface area contributed by atoms with Crippen molar-refractivity contribution in [1.29, 1.82) is 0 Å². The largest absolute Gasteiger partial charge is 0.326 e. The molecule has 0 saturated carbocycles. The highest BCUT2D eigenvalue weighted by molar-refractivity contribution is 7.91. The number of hydrogen-bond acceptors (Lipinski definition) is 5. The van der Waals surface area contributed by atoms with Crippen LogP contribution in [0.1, 0.15) is 27.4 Å². The average Bonchev–Trinajstić information content (AvgIpc) is 2.90. The molecule has 6 nitrogen and oxygen atoms in total. The van der Waals surface area contributed by atoms with Crippen molar-refractivity contribution >= 4 is 21.4 Å². The molecule has 2 heterocycles. The lowest BCUT2D eigenvalue weighted by atomic mass is 10.2. The van der Waals surface area contributed by atoms with Crippen LogP contribution in [0.15, 0.2) is 10.3 Å². The van der Waals surface area contributed by atoms with Gasteiger partial charge in [0.15, 0.2) is 0 Å². The van der Waals surface area contributed by atoms with Crippen LogP contribution in [0.25, 0.3) is 0 Å². The molecule has 0 aliphatic carbocycles. The van der Waals surface area contributed by atoms with Gasteiger partial charge in [-0.05, 0) is 32.4 Å². The minimum Gasteiger partial charge on any atom is -0.326 e. The third-order valence-electron chi connectivity index (χ3n) is 3.55. The lowest BCUT2D eigenvalue weighted by Crippen LogP contribution is -2.23. The fraction of sp³-hybridized carbons (Fsp3) is 0.462. The van der Waals surface area contributed by atoms with Crippen molar-refractivity contribution in [3.8, 4) is 0 Å². The average molecular weight is 328 g/mol. The summed E-state index contributed by atoms with van der Waals surface area (Å²) in [5.74, 6) is 0. The van der Waals surface area contributed by atoms with Gasteiger partial charge in [0.2, 0.25) is 10.0 Å². The Morgan fingerprint density at radius 3 is 2.52 bits per heavy atom. The van der Waals surface area contributed by atoms with Crippen LogP contribution in [-0.2, 0) is 30.2 Å². The maximum atomic E-state index is 12.3. The summed E-state index contributed by atoms with van der Waals surface area (Å²) in [7, 11) is -1.67. The molecule has 0 aliphatic rings. The second-order valence-electron chi connectivity index (χ2n) is 4.97. The number of nitrogens with zero attached hydrogens (tertiary/aromatic N) is 2. The quantitative estimate of drug-likeness (QED) is 0.867. The molecule has 21 heavy (non-hydrogen) atoms. The normalized spacial score (nSPS) is 12.0. The van der Waals surface area contributed by atoms with E-state index < -0.39 is 10.0 Å². The molecule has 0 amide bonds. The van der Waals surface area contributed by atoms with Crippen molar-refractivity contribution in [2.45, 2.75) is 38.1 Å². The fourth-order valence-corrected chi connectivity index (χ4v) is 4.64. The van der Waals surface area contributed by atoms with E-state index >= 15 is 0 Å². The van der Waals surface area contributed by atoms with Crippen LogP contribution in [-0.4, -0.2) is 18.2 Å². The van der Waals surface area contributed by atoms with E-state index in [-0.39, 0.29) is 6.54 Å². The van der Waals surface area contributed by atoms with Gasteiger partial charge in [0.25, 0.3) is 0 Å². The number of rotatable bonds is 5. The highest BCUT2D eigenvalue weighted by Crippen LogP contribution is 2.25. The monoisotopic (exact) mass is 328 g/mol. The third kappa shape index (κ3) is 3.18. The van der Waals surface area contributed by atoms with Gasteiger partial charge in [-0.1, -0.05) is 0 Å². The molecular formula is C13H20N4O2S2. The highest BCUT2D eigenvalue weighted by atomic mass is 32.2. The summed E-state index contributed by atoms with van der Waals surface area (Å²) < 4.78 is 29.4. The summed E-state index contributed by atoms with van der Waals surface area (Å²) in [6.45, 7) is 6.26. The molecule has 0 aliphatic heterocycles. The van der Waals surface area contributed by atoms with E-state index in [1.54, 1.807) is 10.7 Å². The van der Waals surface area contributed by atoms with Gasteiger partial charge in [0, 0.05) is 36.3 Å². The molecule has 2 aromatic rings. The minimum atomic E-state index is -3.52. The molecule has 0 radical (unpaired) electrons. The zero-order valence-electron chi connectivity index (χ0n) is 12.6. The fourth-order valence-electron chi connectivity index (χ4n) is 2.14. The van der Waals surface area contributed by atoms with E-state index in [0.717, 1.165) is 27.4 Å². The number of aryl methyl sites for hydroxylation is 3. The van der Waals surface area contributed by atoms with Crippen LogP contribution in [0, 0.1) is 20.8 Å². The Balaban J connectivity index is 2.21. The van der Waals surface area contributed by atoms with Crippen LogP contribution < -0.4 is 10.5 Å². The van der Waals surface area contributed by atoms with Gasteiger partial charge in [0.05, 0.1) is 5.69 Å². The molecule has 0 bridgehead atoms. The number of hydrogen-bond donors (Lipinski definition) is 2. The molecular weight excluding hydrogens is 308 g/mol. The van der Waals surface area contributed by atoms with Gasteiger partial charge in [0.1, 0.15) is 4.21 Å². The van der Waals surface area contributed by atoms with Crippen molar-refractivity contribution in [3.63, 3.8) is 0 Å². The van der Waals surface area contributed by atoms with Gasteiger partial charge < -0.3 is 5.73 Å². The lowest BCUT2D eigenvalue weighted by molar-refractivity contribution is 0.583. The van der Waals surface area contributed by atoms with E-state index in [4.69, 9.17) is 5.73 Å². The van der Waals surface area contributed by atoms with Crippen LogP contribution >= 0.6 is 11.3 Å². The molecule has 3 N–H and O–H groups in total. The van der Waals surface area contributed by atoms with Crippen LogP contribution in [0.5, 0.6) is 0 Å². The Morgan fingerprint density at radius 1 is 1.38 bits per heavy atom. The zero-order chi connectivity index (χ0) is 15.8. The molecule has 0 fully saturated rings. The number of nitrogens with one attached hydrogen (secondary N) is 1. The molecule has 116 valence electrons. The standard InChI is InChI=1S/C13H20N4O2S2/c1-8-5-13(20-12(8)6-14)21(18,19)15-7-11-9(2)16-17(4)10(11)3/h5,15H,6-7,14H2,1-4H3. The van der Waals surface area contributed by atoms with Crippen molar-refractivity contribution in [2.24, 2.45) is 12.8 Å². The zero-order valence-corrected chi connectivity index (χ0v) is 14.2. The maximum absolute atomic E-state index is 12.3. The first-order chi connectivity index (χ1) is 9.76. The Bertz CT molecular complexity index is 759. The molecule has 0 aromatic carbocycles. The predicted octanol–water partition coefficient (Wildman–Crippen LogP) is 1.34. The number of aromatic nitrogens is 2. The Kier molecular flexibility index (Phi) is 4.52. The second-order valence-corrected chi connectivity index (χ2v) is 8.10. The summed E-state index contributed by atoms with van der Waals surface area (Å²) in [6.07, 6.45) is 0. The molecule has 0 saturated heterocycles. The first-order valence-corrected chi connectivity index (χ1v) is 8.84. The summed E-state index contributed by atoms with van der Waals surface area (Å²) in [4.78, 5) is 0.893.